The summed E-state index contributed by atoms with van der Waals surface area (Å²) < 4.78 is 32.1. The maximum atomic E-state index is 13.8. The molecule has 3 aromatic rings. The van der Waals surface area contributed by atoms with Crippen LogP contribution in [0.5, 0.6) is 0 Å². The summed E-state index contributed by atoms with van der Waals surface area (Å²) in [6, 6.07) is 8.60. The van der Waals surface area contributed by atoms with Crippen molar-refractivity contribution < 1.29 is 13.2 Å². The zero-order chi connectivity index (χ0) is 18.1. The van der Waals surface area contributed by atoms with Crippen molar-refractivity contribution in [3.63, 3.8) is 0 Å². The molecule has 0 saturated carbocycles. The summed E-state index contributed by atoms with van der Waals surface area (Å²) in [5, 5.41) is 3.73. The van der Waals surface area contributed by atoms with Crippen molar-refractivity contribution in [2.75, 3.05) is 5.32 Å². The number of halogens is 2. The van der Waals surface area contributed by atoms with Gasteiger partial charge in [0, 0.05) is 24.1 Å². The van der Waals surface area contributed by atoms with Crippen LogP contribution in [-0.4, -0.2) is 0 Å². The summed E-state index contributed by atoms with van der Waals surface area (Å²) in [7, 11) is 0. The fourth-order valence-electron chi connectivity index (χ4n) is 2.98. The Kier molecular flexibility index (Phi) is 4.57. The Hall–Kier alpha value is -2.69. The summed E-state index contributed by atoms with van der Waals surface area (Å²) in [5.74, 6) is -0.983. The molecule has 0 spiro atoms. The van der Waals surface area contributed by atoms with Gasteiger partial charge in [-0.25, -0.2) is 13.6 Å². The molecule has 0 unspecified atom stereocenters. The normalized spacial score (nSPS) is 11.3. The van der Waals surface area contributed by atoms with E-state index in [-0.39, 0.29) is 12.2 Å². The van der Waals surface area contributed by atoms with Gasteiger partial charge < -0.3 is 9.73 Å². The fraction of sp³-hybridized carbons (Fsp3) is 0.250. The van der Waals surface area contributed by atoms with Gasteiger partial charge in [0.15, 0.2) is 0 Å². The van der Waals surface area contributed by atoms with Crippen LogP contribution in [0.3, 0.4) is 0 Å². The second-order valence-electron chi connectivity index (χ2n) is 6.43. The van der Waals surface area contributed by atoms with Gasteiger partial charge >= 0.3 is 5.63 Å². The van der Waals surface area contributed by atoms with Crippen LogP contribution in [0.25, 0.3) is 11.0 Å². The molecule has 5 heteroatoms. The SMILES string of the molecule is Cc1cc2oc(=O)cc(CNc3ccc(F)cc3F)c2cc1C(C)C. The molecule has 0 aliphatic carbocycles. The first-order chi connectivity index (χ1) is 11.8. The smallest absolute Gasteiger partial charge is 0.336 e. The minimum atomic E-state index is -0.675. The lowest BCUT2D eigenvalue weighted by molar-refractivity contribution is 0.558. The molecule has 130 valence electrons. The standard InChI is InChI=1S/C20H19F2NO2/c1-11(2)15-9-16-13(7-20(24)25-19(16)6-12(15)3)10-23-18-5-4-14(21)8-17(18)22/h4-9,11,23H,10H2,1-3H3. The van der Waals surface area contributed by atoms with Crippen LogP contribution in [0, 0.1) is 18.6 Å². The highest BCUT2D eigenvalue weighted by atomic mass is 19.1. The lowest BCUT2D eigenvalue weighted by Crippen LogP contribution is -2.07. The molecule has 0 bridgehead atoms. The number of rotatable bonds is 4. The largest absolute Gasteiger partial charge is 0.423 e. The molecule has 0 aliphatic rings. The van der Waals surface area contributed by atoms with Gasteiger partial charge in [0.2, 0.25) is 0 Å². The topological polar surface area (TPSA) is 42.2 Å². The third-order valence-corrected chi connectivity index (χ3v) is 4.24. The van der Waals surface area contributed by atoms with Crippen molar-refractivity contribution in [2.45, 2.75) is 33.2 Å². The van der Waals surface area contributed by atoms with E-state index in [1.165, 1.54) is 18.2 Å². The molecule has 1 heterocycles. The minimum absolute atomic E-state index is 0.180. The van der Waals surface area contributed by atoms with Gasteiger partial charge in [0.25, 0.3) is 0 Å². The highest BCUT2D eigenvalue weighted by molar-refractivity contribution is 5.82. The third-order valence-electron chi connectivity index (χ3n) is 4.24. The van der Waals surface area contributed by atoms with Gasteiger partial charge in [-0.15, -0.1) is 0 Å². The minimum Gasteiger partial charge on any atom is -0.423 e. The molecular formula is C20H19F2NO2. The van der Waals surface area contributed by atoms with Crippen molar-refractivity contribution in [1.29, 1.82) is 0 Å². The maximum Gasteiger partial charge on any atom is 0.336 e. The van der Waals surface area contributed by atoms with E-state index in [4.69, 9.17) is 4.42 Å². The van der Waals surface area contributed by atoms with Crippen LogP contribution in [0.4, 0.5) is 14.5 Å². The summed E-state index contributed by atoms with van der Waals surface area (Å²) in [6.07, 6.45) is 0. The Morgan fingerprint density at radius 2 is 1.88 bits per heavy atom. The molecule has 0 atom stereocenters. The van der Waals surface area contributed by atoms with E-state index in [0.29, 0.717) is 17.1 Å². The Bertz CT molecular complexity index is 993. The average Bonchev–Trinajstić information content (AvgIpc) is 2.52. The van der Waals surface area contributed by atoms with Crippen LogP contribution >= 0.6 is 0 Å². The van der Waals surface area contributed by atoms with Crippen molar-refractivity contribution in [3.8, 4) is 0 Å². The summed E-state index contributed by atoms with van der Waals surface area (Å²) in [4.78, 5) is 11.8. The van der Waals surface area contributed by atoms with E-state index in [1.807, 2.05) is 19.1 Å². The van der Waals surface area contributed by atoms with Crippen molar-refractivity contribution in [2.24, 2.45) is 0 Å². The van der Waals surface area contributed by atoms with Crippen LogP contribution < -0.4 is 10.9 Å². The number of hydrogen-bond acceptors (Lipinski definition) is 3. The van der Waals surface area contributed by atoms with E-state index < -0.39 is 17.3 Å². The zero-order valence-corrected chi connectivity index (χ0v) is 14.3. The first-order valence-electron chi connectivity index (χ1n) is 8.11. The maximum absolute atomic E-state index is 13.8. The summed E-state index contributed by atoms with van der Waals surface area (Å²) >= 11 is 0. The lowest BCUT2D eigenvalue weighted by Gasteiger charge is -2.14. The molecule has 1 aromatic heterocycles. The Balaban J connectivity index is 2.02. The molecule has 0 radical (unpaired) electrons. The number of anilines is 1. The van der Waals surface area contributed by atoms with Gasteiger partial charge in [-0.3, -0.25) is 0 Å². The number of nitrogens with one attached hydrogen (secondary N) is 1. The molecule has 2 aromatic carbocycles. The first kappa shape index (κ1) is 17.1. The highest BCUT2D eigenvalue weighted by Gasteiger charge is 2.12. The van der Waals surface area contributed by atoms with Crippen molar-refractivity contribution >= 4 is 16.7 Å². The molecule has 0 aliphatic heterocycles. The van der Waals surface area contributed by atoms with Crippen molar-refractivity contribution in [3.05, 3.63) is 75.1 Å². The summed E-state index contributed by atoms with van der Waals surface area (Å²) in [6.45, 7) is 6.40. The molecular weight excluding hydrogens is 324 g/mol. The van der Waals surface area contributed by atoms with E-state index >= 15 is 0 Å². The number of aryl methyl sites for hydroxylation is 1. The number of fused-ring (bicyclic) bond motifs is 1. The van der Waals surface area contributed by atoms with Crippen LogP contribution in [0.15, 0.2) is 45.6 Å². The van der Waals surface area contributed by atoms with Crippen molar-refractivity contribution in [1.82, 2.24) is 0 Å². The van der Waals surface area contributed by atoms with Gasteiger partial charge in [0.05, 0.1) is 5.69 Å². The van der Waals surface area contributed by atoms with Gasteiger partial charge in [0.1, 0.15) is 17.2 Å². The second-order valence-corrected chi connectivity index (χ2v) is 6.43. The Morgan fingerprint density at radius 3 is 2.56 bits per heavy atom. The van der Waals surface area contributed by atoms with Crippen LogP contribution in [0.1, 0.15) is 36.5 Å². The average molecular weight is 343 g/mol. The number of benzene rings is 2. The van der Waals surface area contributed by atoms with E-state index in [0.717, 1.165) is 22.6 Å². The van der Waals surface area contributed by atoms with Gasteiger partial charge in [-0.2, -0.15) is 0 Å². The molecule has 0 amide bonds. The molecule has 1 N–H and O–H groups in total. The van der Waals surface area contributed by atoms with E-state index in [2.05, 4.69) is 19.2 Å². The molecule has 25 heavy (non-hydrogen) atoms. The predicted octanol–water partition coefficient (Wildman–Crippen LogP) is 5.12. The van der Waals surface area contributed by atoms with Gasteiger partial charge in [-0.1, -0.05) is 13.8 Å². The molecule has 3 rings (SSSR count). The first-order valence-corrected chi connectivity index (χ1v) is 8.11. The van der Waals surface area contributed by atoms with Crippen LogP contribution in [0.2, 0.25) is 0 Å². The predicted molar refractivity (Wildman–Crippen MR) is 95.0 cm³/mol. The molecule has 3 nitrogen and oxygen atoms in total. The zero-order valence-electron chi connectivity index (χ0n) is 14.3. The van der Waals surface area contributed by atoms with Crippen LogP contribution in [-0.2, 0) is 6.54 Å². The second kappa shape index (κ2) is 6.67. The van der Waals surface area contributed by atoms with E-state index in [1.54, 1.807) is 0 Å². The summed E-state index contributed by atoms with van der Waals surface area (Å²) in [5.41, 5.74) is 3.15. The third kappa shape index (κ3) is 3.55. The highest BCUT2D eigenvalue weighted by Crippen LogP contribution is 2.27. The Morgan fingerprint density at radius 1 is 1.12 bits per heavy atom. The van der Waals surface area contributed by atoms with Gasteiger partial charge in [-0.05, 0) is 53.8 Å². The van der Waals surface area contributed by atoms with E-state index in [9.17, 15) is 13.6 Å². The monoisotopic (exact) mass is 343 g/mol. The fourth-order valence-corrected chi connectivity index (χ4v) is 2.98. The molecule has 0 saturated heterocycles. The lowest BCUT2D eigenvalue weighted by atomic mass is 9.95. The molecule has 0 fully saturated rings. The quantitative estimate of drug-likeness (QED) is 0.669. The Labute approximate surface area is 144 Å². The number of hydrogen-bond donors (Lipinski definition) is 1.